The number of hydrogen-bond acceptors (Lipinski definition) is 3. The summed E-state index contributed by atoms with van der Waals surface area (Å²) in [6, 6.07) is 0.381. The van der Waals surface area contributed by atoms with Crippen molar-refractivity contribution in [2.75, 3.05) is 18.8 Å². The van der Waals surface area contributed by atoms with Crippen molar-refractivity contribution in [2.24, 2.45) is 0 Å². The van der Waals surface area contributed by atoms with Crippen LogP contribution < -0.4 is 0 Å². The third-order valence-corrected chi connectivity index (χ3v) is 3.26. The van der Waals surface area contributed by atoms with E-state index in [4.69, 9.17) is 4.55 Å². The van der Waals surface area contributed by atoms with Crippen molar-refractivity contribution in [3.05, 3.63) is 0 Å². The van der Waals surface area contributed by atoms with Gasteiger partial charge in [-0.15, -0.1) is 0 Å². The molecule has 0 spiro atoms. The zero-order valence-electron chi connectivity index (χ0n) is 9.23. The monoisotopic (exact) mass is 223 g/mol. The van der Waals surface area contributed by atoms with Crippen LogP contribution in [-0.2, 0) is 10.1 Å². The van der Waals surface area contributed by atoms with E-state index in [0.717, 1.165) is 19.5 Å². The van der Waals surface area contributed by atoms with Gasteiger partial charge in [0.1, 0.15) is 0 Å². The van der Waals surface area contributed by atoms with Gasteiger partial charge in [0.2, 0.25) is 0 Å². The van der Waals surface area contributed by atoms with Crippen LogP contribution in [0.1, 0.15) is 33.6 Å². The van der Waals surface area contributed by atoms with E-state index < -0.39 is 10.1 Å². The highest BCUT2D eigenvalue weighted by Gasteiger charge is 2.11. The maximum absolute atomic E-state index is 10.5. The maximum atomic E-state index is 10.5. The Kier molecular flexibility index (Phi) is 6.31. The summed E-state index contributed by atoms with van der Waals surface area (Å²) in [5.41, 5.74) is 0. The number of nitrogens with zero attached hydrogens (tertiary/aromatic N) is 1. The normalized spacial score (nSPS) is 14.6. The molecule has 86 valence electrons. The first kappa shape index (κ1) is 13.9. The van der Waals surface area contributed by atoms with Crippen LogP contribution in [0.4, 0.5) is 0 Å². The quantitative estimate of drug-likeness (QED) is 0.663. The Morgan fingerprint density at radius 3 is 2.14 bits per heavy atom. The lowest BCUT2D eigenvalue weighted by atomic mass is 10.1. The highest BCUT2D eigenvalue weighted by Crippen LogP contribution is 2.06. The minimum absolute atomic E-state index is 0.126. The molecule has 0 bridgehead atoms. The Labute approximate surface area is 87.0 Å². The molecule has 0 aliphatic carbocycles. The molecule has 0 radical (unpaired) electrons. The first-order chi connectivity index (χ1) is 6.40. The third kappa shape index (κ3) is 6.34. The van der Waals surface area contributed by atoms with E-state index in [9.17, 15) is 8.42 Å². The van der Waals surface area contributed by atoms with Crippen molar-refractivity contribution in [2.45, 2.75) is 39.7 Å². The maximum Gasteiger partial charge on any atom is 0.264 e. The van der Waals surface area contributed by atoms with Gasteiger partial charge >= 0.3 is 0 Å². The Hall–Kier alpha value is -0.130. The first-order valence-corrected chi connectivity index (χ1v) is 6.70. The van der Waals surface area contributed by atoms with Gasteiger partial charge in [-0.1, -0.05) is 13.8 Å². The lowest BCUT2D eigenvalue weighted by Crippen LogP contribution is -2.32. The van der Waals surface area contributed by atoms with Crippen LogP contribution >= 0.6 is 0 Å². The second-order valence-corrected chi connectivity index (χ2v) is 5.07. The smallest absolute Gasteiger partial charge is 0.264 e. The van der Waals surface area contributed by atoms with E-state index in [-0.39, 0.29) is 5.75 Å². The summed E-state index contributed by atoms with van der Waals surface area (Å²) < 4.78 is 29.5. The summed E-state index contributed by atoms with van der Waals surface area (Å²) in [6.07, 6.45) is 1.33. The summed E-state index contributed by atoms with van der Waals surface area (Å²) >= 11 is 0. The Bertz CT molecular complexity index is 234. The van der Waals surface area contributed by atoms with Crippen LogP contribution in [0.15, 0.2) is 0 Å². The van der Waals surface area contributed by atoms with E-state index >= 15 is 0 Å². The average molecular weight is 223 g/mol. The van der Waals surface area contributed by atoms with E-state index in [1.54, 1.807) is 0 Å². The summed E-state index contributed by atoms with van der Waals surface area (Å²) in [6.45, 7) is 8.20. The van der Waals surface area contributed by atoms with Gasteiger partial charge in [0.15, 0.2) is 0 Å². The van der Waals surface area contributed by atoms with Crippen molar-refractivity contribution < 1.29 is 13.0 Å². The third-order valence-electron chi connectivity index (χ3n) is 2.46. The summed E-state index contributed by atoms with van der Waals surface area (Å²) in [5, 5.41) is 0. The van der Waals surface area contributed by atoms with Crippen molar-refractivity contribution in [1.29, 1.82) is 0 Å². The molecule has 0 aliphatic heterocycles. The molecular formula is C9H21NO3S. The molecule has 0 saturated carbocycles. The van der Waals surface area contributed by atoms with Gasteiger partial charge in [-0.25, -0.2) is 0 Å². The second kappa shape index (κ2) is 6.37. The fourth-order valence-corrected chi connectivity index (χ4v) is 2.12. The molecule has 0 unspecified atom stereocenters. The molecule has 0 amide bonds. The highest BCUT2D eigenvalue weighted by atomic mass is 32.2. The molecule has 1 N–H and O–H groups in total. The van der Waals surface area contributed by atoms with Crippen LogP contribution in [-0.4, -0.2) is 42.8 Å². The molecule has 0 aromatic rings. The van der Waals surface area contributed by atoms with E-state index in [1.165, 1.54) is 0 Å². The zero-order chi connectivity index (χ0) is 11.2. The lowest BCUT2D eigenvalue weighted by Gasteiger charge is -2.26. The minimum atomic E-state index is -3.78. The molecule has 0 fully saturated rings. The molecule has 0 heterocycles. The molecule has 4 nitrogen and oxygen atoms in total. The van der Waals surface area contributed by atoms with Crippen molar-refractivity contribution in [3.63, 3.8) is 0 Å². The fourth-order valence-electron chi connectivity index (χ4n) is 1.59. The SMILES string of the molecule is CCN(CC)[C@@H](C)CCCS(=O)(=O)O. The molecule has 0 saturated heterocycles. The average Bonchev–Trinajstić information content (AvgIpc) is 2.04. The van der Waals surface area contributed by atoms with Crippen LogP contribution in [0, 0.1) is 0 Å². The molecule has 0 rings (SSSR count). The Morgan fingerprint density at radius 2 is 1.79 bits per heavy atom. The van der Waals surface area contributed by atoms with Crippen molar-refractivity contribution in [3.8, 4) is 0 Å². The van der Waals surface area contributed by atoms with Crippen LogP contribution in [0.2, 0.25) is 0 Å². The van der Waals surface area contributed by atoms with Crippen LogP contribution in [0.25, 0.3) is 0 Å². The summed E-state index contributed by atoms with van der Waals surface area (Å²) in [4.78, 5) is 2.27. The Balaban J connectivity index is 3.78. The molecule has 5 heteroatoms. The molecule has 14 heavy (non-hydrogen) atoms. The van der Waals surface area contributed by atoms with Crippen LogP contribution in [0.5, 0.6) is 0 Å². The second-order valence-electron chi connectivity index (χ2n) is 3.50. The number of hydrogen-bond donors (Lipinski definition) is 1. The summed E-state index contributed by atoms with van der Waals surface area (Å²) in [7, 11) is -3.78. The van der Waals surface area contributed by atoms with Crippen molar-refractivity contribution in [1.82, 2.24) is 4.90 Å². The molecule has 0 aliphatic rings. The lowest BCUT2D eigenvalue weighted by molar-refractivity contribution is 0.220. The number of rotatable bonds is 7. The van der Waals surface area contributed by atoms with E-state index in [1.807, 2.05) is 0 Å². The Morgan fingerprint density at radius 1 is 1.29 bits per heavy atom. The molecule has 0 aromatic heterocycles. The van der Waals surface area contributed by atoms with Gasteiger partial charge in [0.05, 0.1) is 5.75 Å². The van der Waals surface area contributed by atoms with E-state index in [2.05, 4.69) is 25.7 Å². The van der Waals surface area contributed by atoms with Gasteiger partial charge in [-0.05, 0) is 32.9 Å². The van der Waals surface area contributed by atoms with Crippen LogP contribution in [0.3, 0.4) is 0 Å². The topological polar surface area (TPSA) is 57.6 Å². The fraction of sp³-hybridized carbons (Fsp3) is 1.00. The largest absolute Gasteiger partial charge is 0.301 e. The molecular weight excluding hydrogens is 202 g/mol. The van der Waals surface area contributed by atoms with Crippen molar-refractivity contribution >= 4 is 10.1 Å². The van der Waals surface area contributed by atoms with Gasteiger partial charge < -0.3 is 4.90 Å². The first-order valence-electron chi connectivity index (χ1n) is 5.10. The van der Waals surface area contributed by atoms with Gasteiger partial charge in [0.25, 0.3) is 10.1 Å². The summed E-state index contributed by atoms with van der Waals surface area (Å²) in [5.74, 6) is -0.126. The minimum Gasteiger partial charge on any atom is -0.301 e. The van der Waals surface area contributed by atoms with E-state index in [0.29, 0.717) is 12.5 Å². The molecule has 1 atom stereocenters. The van der Waals surface area contributed by atoms with Gasteiger partial charge in [-0.2, -0.15) is 8.42 Å². The molecule has 0 aromatic carbocycles. The standard InChI is InChI=1S/C9H21NO3S/c1-4-10(5-2)9(3)7-6-8-14(11,12)13/h9H,4-8H2,1-3H3,(H,11,12,13)/t9-/m0/s1. The van der Waals surface area contributed by atoms with Gasteiger partial charge in [0, 0.05) is 6.04 Å². The van der Waals surface area contributed by atoms with Gasteiger partial charge in [-0.3, -0.25) is 4.55 Å². The predicted octanol–water partition coefficient (Wildman–Crippen LogP) is 1.38. The highest BCUT2D eigenvalue weighted by molar-refractivity contribution is 7.85. The zero-order valence-corrected chi connectivity index (χ0v) is 10.0. The predicted molar refractivity (Wildman–Crippen MR) is 58.0 cm³/mol.